The van der Waals surface area contributed by atoms with Crippen molar-refractivity contribution in [3.05, 3.63) is 12.3 Å². The Hall–Kier alpha value is -0.500. The van der Waals surface area contributed by atoms with Crippen LogP contribution in [0.25, 0.3) is 0 Å². The molecule has 0 radical (unpaired) electrons. The van der Waals surface area contributed by atoms with Gasteiger partial charge in [-0.05, 0) is 20.0 Å². The maximum absolute atomic E-state index is 2.42. The summed E-state index contributed by atoms with van der Waals surface area (Å²) >= 11 is 0. The first-order valence-electron chi connectivity index (χ1n) is 3.81. The maximum atomic E-state index is 2.42. The number of hydrogen-bond donors (Lipinski definition) is 0. The smallest absolute Gasteiger partial charge is 0.0703 e. The van der Waals surface area contributed by atoms with Gasteiger partial charge in [0.05, 0.1) is 6.67 Å². The average molecular weight is 140 g/mol. The van der Waals surface area contributed by atoms with Crippen molar-refractivity contribution >= 4 is 0 Å². The minimum Gasteiger partial charge on any atom is -0.368 e. The van der Waals surface area contributed by atoms with Gasteiger partial charge in [0.2, 0.25) is 0 Å². The molecule has 1 rings (SSSR count). The van der Waals surface area contributed by atoms with Crippen LogP contribution in [0.3, 0.4) is 0 Å². The summed E-state index contributed by atoms with van der Waals surface area (Å²) in [6, 6.07) is 0.660. The van der Waals surface area contributed by atoms with Crippen LogP contribution in [0.1, 0.15) is 13.8 Å². The van der Waals surface area contributed by atoms with Crippen molar-refractivity contribution < 1.29 is 0 Å². The summed E-state index contributed by atoms with van der Waals surface area (Å²) in [6.07, 6.45) is 4.34. The van der Waals surface area contributed by atoms with Crippen LogP contribution in [0.2, 0.25) is 0 Å². The maximum Gasteiger partial charge on any atom is 0.0703 e. The van der Waals surface area contributed by atoms with Gasteiger partial charge in [0.1, 0.15) is 0 Å². The Kier molecular flexibility index (Phi) is 2.33. The summed E-state index contributed by atoms with van der Waals surface area (Å²) in [4.78, 5) is 4.61. The molecule has 0 saturated carbocycles. The van der Waals surface area contributed by atoms with E-state index < -0.39 is 0 Å². The van der Waals surface area contributed by atoms with E-state index >= 15 is 0 Å². The molecule has 0 atom stereocenters. The molecule has 0 saturated heterocycles. The highest BCUT2D eigenvalue weighted by Crippen LogP contribution is 2.04. The van der Waals surface area contributed by atoms with E-state index in [-0.39, 0.29) is 0 Å². The standard InChI is InChI=1S/C8H16N2/c1-8(2)10-6-4-5-9(3)7-10/h4-5,8H,6-7H2,1-3H3. The molecule has 0 aromatic rings. The van der Waals surface area contributed by atoms with Gasteiger partial charge < -0.3 is 4.90 Å². The fourth-order valence-corrected chi connectivity index (χ4v) is 1.13. The molecule has 0 aromatic carbocycles. The van der Waals surface area contributed by atoms with Crippen LogP contribution < -0.4 is 0 Å². The molecule has 0 bridgehead atoms. The van der Waals surface area contributed by atoms with Crippen LogP contribution in [-0.4, -0.2) is 36.1 Å². The Labute approximate surface area is 63.1 Å². The normalized spacial score (nSPS) is 20.6. The average Bonchev–Trinajstić information content (AvgIpc) is 1.88. The SMILES string of the molecule is CC(C)N1CC=CN(C)C1. The van der Waals surface area contributed by atoms with Crippen LogP contribution in [0.5, 0.6) is 0 Å². The molecule has 1 aliphatic heterocycles. The zero-order chi connectivity index (χ0) is 7.56. The summed E-state index contributed by atoms with van der Waals surface area (Å²) < 4.78 is 0. The lowest BCUT2D eigenvalue weighted by Crippen LogP contribution is -2.40. The van der Waals surface area contributed by atoms with E-state index in [1.165, 1.54) is 0 Å². The topological polar surface area (TPSA) is 6.48 Å². The molecule has 10 heavy (non-hydrogen) atoms. The quantitative estimate of drug-likeness (QED) is 0.538. The zero-order valence-electron chi connectivity index (χ0n) is 7.04. The Morgan fingerprint density at radius 2 is 2.10 bits per heavy atom. The van der Waals surface area contributed by atoms with Gasteiger partial charge in [0, 0.05) is 19.6 Å². The van der Waals surface area contributed by atoms with Gasteiger partial charge in [-0.3, -0.25) is 4.90 Å². The molecule has 0 spiro atoms. The van der Waals surface area contributed by atoms with Gasteiger partial charge in [0.15, 0.2) is 0 Å². The lowest BCUT2D eigenvalue weighted by molar-refractivity contribution is 0.155. The third kappa shape index (κ3) is 1.74. The predicted molar refractivity (Wildman–Crippen MR) is 43.6 cm³/mol. The van der Waals surface area contributed by atoms with Crippen molar-refractivity contribution in [3.8, 4) is 0 Å². The molecule has 2 nitrogen and oxygen atoms in total. The predicted octanol–water partition coefficient (Wildman–Crippen LogP) is 1.11. The van der Waals surface area contributed by atoms with Crippen molar-refractivity contribution in [2.45, 2.75) is 19.9 Å². The molecule has 2 heteroatoms. The van der Waals surface area contributed by atoms with Crippen LogP contribution in [0.4, 0.5) is 0 Å². The van der Waals surface area contributed by atoms with Crippen LogP contribution in [-0.2, 0) is 0 Å². The second-order valence-corrected chi connectivity index (χ2v) is 3.15. The van der Waals surface area contributed by atoms with Gasteiger partial charge >= 0.3 is 0 Å². The summed E-state index contributed by atoms with van der Waals surface area (Å²) in [5, 5.41) is 0. The molecule has 1 heterocycles. The Morgan fingerprint density at radius 1 is 1.40 bits per heavy atom. The van der Waals surface area contributed by atoms with E-state index in [1.807, 2.05) is 0 Å². The number of nitrogens with zero attached hydrogens (tertiary/aromatic N) is 2. The van der Waals surface area contributed by atoms with E-state index in [0.717, 1.165) is 13.2 Å². The molecule has 0 aromatic heterocycles. The largest absolute Gasteiger partial charge is 0.368 e. The molecule has 0 unspecified atom stereocenters. The molecule has 1 aliphatic rings. The van der Waals surface area contributed by atoms with Gasteiger partial charge in [-0.25, -0.2) is 0 Å². The van der Waals surface area contributed by atoms with Gasteiger partial charge in [0.25, 0.3) is 0 Å². The lowest BCUT2D eigenvalue weighted by atomic mass is 10.3. The Morgan fingerprint density at radius 3 is 2.50 bits per heavy atom. The van der Waals surface area contributed by atoms with Crippen molar-refractivity contribution in [2.75, 3.05) is 20.3 Å². The highest BCUT2D eigenvalue weighted by Gasteiger charge is 2.11. The van der Waals surface area contributed by atoms with Gasteiger partial charge in [-0.2, -0.15) is 0 Å². The summed E-state index contributed by atoms with van der Waals surface area (Å²) in [6.45, 7) is 6.62. The zero-order valence-corrected chi connectivity index (χ0v) is 7.04. The van der Waals surface area contributed by atoms with Crippen LogP contribution in [0.15, 0.2) is 12.3 Å². The second kappa shape index (κ2) is 3.06. The molecule has 0 aliphatic carbocycles. The Bertz CT molecular complexity index is 129. The minimum atomic E-state index is 0.660. The van der Waals surface area contributed by atoms with Gasteiger partial charge in [-0.1, -0.05) is 6.08 Å². The minimum absolute atomic E-state index is 0.660. The van der Waals surface area contributed by atoms with E-state index in [2.05, 4.69) is 43.0 Å². The number of rotatable bonds is 1. The second-order valence-electron chi connectivity index (χ2n) is 3.15. The monoisotopic (exact) mass is 140 g/mol. The number of hydrogen-bond acceptors (Lipinski definition) is 2. The molecular formula is C8H16N2. The van der Waals surface area contributed by atoms with Crippen molar-refractivity contribution in [3.63, 3.8) is 0 Å². The van der Waals surface area contributed by atoms with E-state index in [0.29, 0.717) is 6.04 Å². The van der Waals surface area contributed by atoms with Crippen molar-refractivity contribution in [1.82, 2.24) is 9.80 Å². The third-order valence-electron chi connectivity index (χ3n) is 1.83. The van der Waals surface area contributed by atoms with Crippen LogP contribution >= 0.6 is 0 Å². The lowest BCUT2D eigenvalue weighted by Gasteiger charge is -2.32. The summed E-state index contributed by atoms with van der Waals surface area (Å²) in [5.41, 5.74) is 0. The van der Waals surface area contributed by atoms with Crippen LogP contribution in [0, 0.1) is 0 Å². The van der Waals surface area contributed by atoms with Crippen molar-refractivity contribution in [1.29, 1.82) is 0 Å². The van der Waals surface area contributed by atoms with Crippen molar-refractivity contribution in [2.24, 2.45) is 0 Å². The van der Waals surface area contributed by atoms with E-state index in [9.17, 15) is 0 Å². The molecular weight excluding hydrogens is 124 g/mol. The Balaban J connectivity index is 2.44. The highest BCUT2D eigenvalue weighted by atomic mass is 15.3. The molecule has 0 amide bonds. The molecule has 58 valence electrons. The third-order valence-corrected chi connectivity index (χ3v) is 1.83. The first-order valence-corrected chi connectivity index (χ1v) is 3.81. The first-order chi connectivity index (χ1) is 4.70. The van der Waals surface area contributed by atoms with E-state index in [4.69, 9.17) is 0 Å². The fraction of sp³-hybridized carbons (Fsp3) is 0.750. The fourth-order valence-electron chi connectivity index (χ4n) is 1.13. The molecule has 0 N–H and O–H groups in total. The molecule has 0 fully saturated rings. The van der Waals surface area contributed by atoms with Gasteiger partial charge in [-0.15, -0.1) is 0 Å². The van der Waals surface area contributed by atoms with E-state index in [1.54, 1.807) is 0 Å². The summed E-state index contributed by atoms with van der Waals surface area (Å²) in [5.74, 6) is 0. The summed E-state index contributed by atoms with van der Waals surface area (Å²) in [7, 11) is 2.10. The highest BCUT2D eigenvalue weighted by molar-refractivity contribution is 4.89. The first kappa shape index (κ1) is 7.61.